The van der Waals surface area contributed by atoms with E-state index in [1.54, 1.807) is 6.20 Å². The van der Waals surface area contributed by atoms with Crippen molar-refractivity contribution in [2.45, 2.75) is 32.4 Å². The first-order chi connectivity index (χ1) is 20.9. The number of benzene rings is 1. The van der Waals surface area contributed by atoms with Crippen molar-refractivity contribution in [1.29, 1.82) is 0 Å². The zero-order valence-corrected chi connectivity index (χ0v) is 29.2. The predicted molar refractivity (Wildman–Crippen MR) is 178 cm³/mol. The molecule has 0 saturated carbocycles. The van der Waals surface area contributed by atoms with Crippen LogP contribution in [0.5, 0.6) is 0 Å². The molecule has 1 aromatic carbocycles. The van der Waals surface area contributed by atoms with Crippen LogP contribution in [0, 0.1) is 0 Å². The maximum Gasteiger partial charge on any atom is 2.00 e. The van der Waals surface area contributed by atoms with Gasteiger partial charge in [0.2, 0.25) is 0 Å². The van der Waals surface area contributed by atoms with Crippen LogP contribution in [0.4, 0.5) is 0 Å². The van der Waals surface area contributed by atoms with Crippen LogP contribution in [-0.2, 0) is 30.9 Å². The van der Waals surface area contributed by atoms with Gasteiger partial charge in [-0.05, 0) is 41.5 Å². The van der Waals surface area contributed by atoms with E-state index in [0.29, 0.717) is 6.73 Å². The quantitative estimate of drug-likeness (QED) is 0.130. The van der Waals surface area contributed by atoms with E-state index in [1.807, 2.05) is 77.5 Å². The fourth-order valence-corrected chi connectivity index (χ4v) is 6.02. The van der Waals surface area contributed by atoms with Gasteiger partial charge in [-0.2, -0.15) is 0 Å². The van der Waals surface area contributed by atoms with Crippen LogP contribution in [0.15, 0.2) is 79.1 Å². The Morgan fingerprint density at radius 3 is 1.95 bits per heavy atom. The first-order valence-electron chi connectivity index (χ1n) is 14.5. The molecule has 8 bridgehead atoms. The van der Waals surface area contributed by atoms with Crippen LogP contribution in [0.25, 0.3) is 68.9 Å². The van der Waals surface area contributed by atoms with Crippen molar-refractivity contribution in [3.05, 3.63) is 102 Å². The Balaban J connectivity index is 0.00000343. The summed E-state index contributed by atoms with van der Waals surface area (Å²) in [7, 11) is -1.18. The van der Waals surface area contributed by atoms with E-state index in [9.17, 15) is 0 Å². The van der Waals surface area contributed by atoms with E-state index in [2.05, 4.69) is 43.9 Å². The molecule has 6 heterocycles. The predicted octanol–water partition coefficient (Wildman–Crippen LogP) is 7.75. The monoisotopic (exact) mass is 644 g/mol. The fraction of sp³-hybridized carbons (Fsp3) is 0.171. The van der Waals surface area contributed by atoms with Crippen LogP contribution in [0.3, 0.4) is 0 Å². The molecule has 0 N–H and O–H groups in total. The molecule has 0 fully saturated rings. The van der Waals surface area contributed by atoms with Crippen molar-refractivity contribution in [2.24, 2.45) is 0 Å². The van der Waals surface area contributed by atoms with Gasteiger partial charge < -0.3 is 19.3 Å². The second-order valence-corrected chi connectivity index (χ2v) is 17.6. The van der Waals surface area contributed by atoms with Gasteiger partial charge >= 0.3 is 19.5 Å². The van der Waals surface area contributed by atoms with E-state index in [1.165, 1.54) is 0 Å². The van der Waals surface area contributed by atoms with Gasteiger partial charge in [-0.1, -0.05) is 86.4 Å². The molecule has 5 aromatic rings. The summed E-state index contributed by atoms with van der Waals surface area (Å²) >= 11 is 0. The molecule has 4 aromatic heterocycles. The Morgan fingerprint density at radius 1 is 0.750 bits per heavy atom. The Bertz CT molecular complexity index is 1940. The Morgan fingerprint density at radius 2 is 1.36 bits per heavy atom. The molecular formula is C35H32N6OSiZn. The van der Waals surface area contributed by atoms with E-state index >= 15 is 0 Å². The third-order valence-corrected chi connectivity index (χ3v) is 9.19. The second kappa shape index (κ2) is 12.4. The summed E-state index contributed by atoms with van der Waals surface area (Å²) in [4.78, 5) is 24.7. The summed E-state index contributed by atoms with van der Waals surface area (Å²) in [6, 6.07) is 23.5. The average Bonchev–Trinajstić information content (AvgIpc) is 3.82. The molecule has 0 spiro atoms. The van der Waals surface area contributed by atoms with Crippen LogP contribution >= 0.6 is 0 Å². The van der Waals surface area contributed by atoms with Gasteiger partial charge in [-0.15, -0.1) is 22.1 Å². The zero-order valence-electron chi connectivity index (χ0n) is 25.2. The molecule has 214 valence electrons. The molecule has 0 unspecified atom stereocenters. The Kier molecular flexibility index (Phi) is 8.45. The smallest absolute Gasteiger partial charge is 0.657 e. The SMILES string of the molecule is C[Si](C)(C)CCOCn1ccnc1-c1c2ccc(cc3nc(c(-c4ccccc4)c4nc(cc5ccc1[n-]5)C=C4)C=C3)[n-]2.[Zn+2]. The minimum Gasteiger partial charge on any atom is -0.657 e. The maximum atomic E-state index is 6.10. The third kappa shape index (κ3) is 6.36. The standard InChI is InChI=1S/C35H32N6OSi.Zn/c1-43(2,3)20-19-42-23-41-18-17-36-35(41)34-31-15-11-27(39-31)21-25-9-13-29(37-25)33(24-7-5-4-6-8-24)30-14-10-26(38-30)22-28-12-16-32(34)40-28;/h4-18,21-22H,19-20,23H2,1-3H3;/q-2;+2. The van der Waals surface area contributed by atoms with Gasteiger partial charge in [0.15, 0.2) is 0 Å². The van der Waals surface area contributed by atoms with Crippen molar-refractivity contribution < 1.29 is 24.2 Å². The molecule has 9 heteroatoms. The summed E-state index contributed by atoms with van der Waals surface area (Å²) in [6.45, 7) is 8.23. The minimum atomic E-state index is -1.18. The Labute approximate surface area is 270 Å². The van der Waals surface area contributed by atoms with E-state index < -0.39 is 8.07 Å². The molecule has 0 radical (unpaired) electrons. The van der Waals surface area contributed by atoms with E-state index in [4.69, 9.17) is 29.7 Å². The van der Waals surface area contributed by atoms with Gasteiger partial charge in [0.25, 0.3) is 0 Å². The number of aromatic nitrogens is 6. The maximum absolute atomic E-state index is 6.10. The summed E-state index contributed by atoms with van der Waals surface area (Å²) in [5, 5.41) is 0. The van der Waals surface area contributed by atoms with Crippen molar-refractivity contribution in [2.75, 3.05) is 6.61 Å². The number of fused-ring (bicyclic) bond motifs is 8. The van der Waals surface area contributed by atoms with Crippen LogP contribution < -0.4 is 9.97 Å². The van der Waals surface area contributed by atoms with Crippen molar-refractivity contribution in [3.63, 3.8) is 0 Å². The first-order valence-corrected chi connectivity index (χ1v) is 18.2. The molecule has 44 heavy (non-hydrogen) atoms. The number of hydrogen-bond acceptors (Lipinski definition) is 4. The van der Waals surface area contributed by atoms with Gasteiger partial charge in [0.05, 0.1) is 22.8 Å². The van der Waals surface area contributed by atoms with Gasteiger partial charge in [-0.3, -0.25) is 0 Å². The van der Waals surface area contributed by atoms with Crippen LogP contribution in [-0.4, -0.2) is 34.2 Å². The normalized spacial score (nSPS) is 12.4. The minimum absolute atomic E-state index is 0. The van der Waals surface area contributed by atoms with Crippen LogP contribution in [0.2, 0.25) is 25.7 Å². The molecular weight excluding hydrogens is 614 g/mol. The van der Waals surface area contributed by atoms with Gasteiger partial charge in [-0.25, -0.2) is 15.0 Å². The number of ether oxygens (including phenoxy) is 1. The number of rotatable bonds is 7. The Hall–Kier alpha value is -4.17. The fourth-order valence-electron chi connectivity index (χ4n) is 5.27. The summed E-state index contributed by atoms with van der Waals surface area (Å²) < 4.78 is 8.13. The summed E-state index contributed by atoms with van der Waals surface area (Å²) in [6.07, 6.45) is 11.9. The third-order valence-electron chi connectivity index (χ3n) is 7.49. The van der Waals surface area contributed by atoms with Crippen LogP contribution in [0.1, 0.15) is 22.8 Å². The molecule has 0 amide bonds. The topological polar surface area (TPSA) is 81.0 Å². The molecule has 7 nitrogen and oxygen atoms in total. The molecule has 0 atom stereocenters. The molecule has 0 saturated heterocycles. The van der Waals surface area contributed by atoms with E-state index in [-0.39, 0.29) is 19.5 Å². The molecule has 7 rings (SSSR count). The second-order valence-electron chi connectivity index (χ2n) is 12.0. The van der Waals surface area contributed by atoms with Gasteiger partial charge in [0.1, 0.15) is 12.6 Å². The van der Waals surface area contributed by atoms with Crippen molar-refractivity contribution >= 4 is 54.4 Å². The van der Waals surface area contributed by atoms with Gasteiger partial charge in [0, 0.05) is 32.6 Å². The first kappa shape index (κ1) is 29.9. The van der Waals surface area contributed by atoms with Crippen molar-refractivity contribution in [3.8, 4) is 22.5 Å². The largest absolute Gasteiger partial charge is 2.00 e. The molecule has 2 aliphatic rings. The zero-order chi connectivity index (χ0) is 29.4. The molecule has 2 aliphatic heterocycles. The molecule has 0 aliphatic carbocycles. The summed E-state index contributed by atoms with van der Waals surface area (Å²) in [5.41, 5.74) is 9.59. The number of hydrogen-bond donors (Lipinski definition) is 0. The van der Waals surface area contributed by atoms with Crippen molar-refractivity contribution in [1.82, 2.24) is 29.5 Å². The number of nitrogens with zero attached hydrogens (tertiary/aromatic N) is 6. The average molecular weight is 646 g/mol. The summed E-state index contributed by atoms with van der Waals surface area (Å²) in [5.74, 6) is 0.771. The van der Waals surface area contributed by atoms with E-state index in [0.717, 1.165) is 80.0 Å². The number of imidazole rings is 1.